The van der Waals surface area contributed by atoms with Crippen molar-refractivity contribution in [2.45, 2.75) is 25.3 Å². The van der Waals surface area contributed by atoms with Crippen molar-refractivity contribution < 1.29 is 14.7 Å². The van der Waals surface area contributed by atoms with Gasteiger partial charge in [-0.15, -0.1) is 0 Å². The summed E-state index contributed by atoms with van der Waals surface area (Å²) in [4.78, 5) is 25.5. The van der Waals surface area contributed by atoms with E-state index in [2.05, 4.69) is 10.6 Å². The van der Waals surface area contributed by atoms with Crippen LogP contribution in [0, 0.1) is 0 Å². The number of hydrogen-bond acceptors (Lipinski definition) is 5. The maximum absolute atomic E-state index is 12.8. The molecule has 0 bridgehead atoms. The lowest BCUT2D eigenvalue weighted by molar-refractivity contribution is -0.253. The molecule has 0 radical (unpaired) electrons. The van der Waals surface area contributed by atoms with Gasteiger partial charge in [0.2, 0.25) is 0 Å². The number of hydrogen-bond donors (Lipinski definition) is 3. The molecule has 1 atom stereocenters. The molecule has 1 fully saturated rings. The van der Waals surface area contributed by atoms with Gasteiger partial charge in [-0.05, 0) is 37.5 Å². The highest BCUT2D eigenvalue weighted by Gasteiger charge is 2.39. The summed E-state index contributed by atoms with van der Waals surface area (Å²) in [5.74, 6) is -0.286. The zero-order valence-electron chi connectivity index (χ0n) is 12.8. The number of nitrogens with one attached hydrogen (secondary N) is 2. The molecule has 2 rings (SSSR count). The molecular weight excluding hydrogens is 284 g/mol. The zero-order chi connectivity index (χ0) is 16.3. The predicted molar refractivity (Wildman–Crippen MR) is 82.1 cm³/mol. The summed E-state index contributed by atoms with van der Waals surface area (Å²) in [5, 5.41) is 16.3. The first-order chi connectivity index (χ1) is 10.4. The number of likely N-dealkylation sites (tertiary alicyclic amines) is 1. The van der Waals surface area contributed by atoms with Gasteiger partial charge >= 0.3 is 0 Å². The third kappa shape index (κ3) is 2.93. The molecule has 0 spiro atoms. The van der Waals surface area contributed by atoms with Crippen LogP contribution in [0.25, 0.3) is 0 Å². The van der Waals surface area contributed by atoms with Crippen molar-refractivity contribution in [2.75, 3.05) is 31.2 Å². The third-order valence-electron chi connectivity index (χ3n) is 4.07. The molecule has 4 N–H and O–H groups in total. The Morgan fingerprint density at radius 1 is 1.32 bits per heavy atom. The standard InChI is InChI=1S/C15H22N4O3/c1-15(18-14(21)22,13(20)19-7-3-4-8-19)10-5-6-12(17-2)11(16)9-10/h5-6,9,17-18H,3-4,7-8,16H2,1-2H3,(H,21,22)/p-1. The number of anilines is 2. The lowest BCUT2D eigenvalue weighted by Crippen LogP contribution is -2.57. The molecule has 22 heavy (non-hydrogen) atoms. The van der Waals surface area contributed by atoms with Gasteiger partial charge in [0.25, 0.3) is 5.91 Å². The van der Waals surface area contributed by atoms with Crippen molar-refractivity contribution in [3.63, 3.8) is 0 Å². The van der Waals surface area contributed by atoms with Gasteiger partial charge < -0.3 is 31.2 Å². The van der Waals surface area contributed by atoms with Crippen LogP contribution < -0.4 is 21.5 Å². The number of carboxylic acid groups (broad SMARTS) is 1. The molecule has 0 saturated carbocycles. The highest BCUT2D eigenvalue weighted by molar-refractivity contribution is 5.91. The number of amides is 2. The fourth-order valence-corrected chi connectivity index (χ4v) is 2.79. The summed E-state index contributed by atoms with van der Waals surface area (Å²) in [6, 6.07) is 5.01. The van der Waals surface area contributed by atoms with Crippen molar-refractivity contribution in [2.24, 2.45) is 0 Å². The van der Waals surface area contributed by atoms with Crippen LogP contribution in [-0.4, -0.2) is 37.0 Å². The molecule has 0 aliphatic carbocycles. The summed E-state index contributed by atoms with van der Waals surface area (Å²) >= 11 is 0. The molecule has 1 aromatic carbocycles. The Balaban J connectivity index is 2.41. The average molecular weight is 305 g/mol. The van der Waals surface area contributed by atoms with Crippen LogP contribution in [0.2, 0.25) is 0 Å². The first-order valence-electron chi connectivity index (χ1n) is 7.25. The van der Waals surface area contributed by atoms with Gasteiger partial charge in [0, 0.05) is 20.1 Å². The van der Waals surface area contributed by atoms with Crippen molar-refractivity contribution in [3.8, 4) is 0 Å². The van der Waals surface area contributed by atoms with Crippen molar-refractivity contribution in [3.05, 3.63) is 23.8 Å². The van der Waals surface area contributed by atoms with Gasteiger partial charge in [0.15, 0.2) is 0 Å². The number of carbonyl (C=O) groups is 2. The molecule has 1 saturated heterocycles. The first kappa shape index (κ1) is 15.9. The van der Waals surface area contributed by atoms with Crippen LogP contribution >= 0.6 is 0 Å². The van der Waals surface area contributed by atoms with E-state index in [0.717, 1.165) is 12.8 Å². The summed E-state index contributed by atoms with van der Waals surface area (Å²) < 4.78 is 0. The Bertz CT molecular complexity index is 584. The molecule has 1 aliphatic heterocycles. The third-order valence-corrected chi connectivity index (χ3v) is 4.07. The summed E-state index contributed by atoms with van der Waals surface area (Å²) in [7, 11) is 1.74. The minimum atomic E-state index is -1.49. The Hall–Kier alpha value is -2.44. The van der Waals surface area contributed by atoms with Crippen molar-refractivity contribution in [1.29, 1.82) is 0 Å². The number of nitrogens with zero attached hydrogens (tertiary/aromatic N) is 1. The molecule has 1 unspecified atom stereocenters. The van der Waals surface area contributed by atoms with E-state index in [4.69, 9.17) is 5.73 Å². The van der Waals surface area contributed by atoms with Crippen LogP contribution in [0.1, 0.15) is 25.3 Å². The molecule has 1 aromatic rings. The van der Waals surface area contributed by atoms with E-state index in [-0.39, 0.29) is 5.91 Å². The van der Waals surface area contributed by atoms with Crippen molar-refractivity contribution >= 4 is 23.4 Å². The average Bonchev–Trinajstić information content (AvgIpc) is 2.99. The molecule has 1 aliphatic rings. The van der Waals surface area contributed by atoms with Gasteiger partial charge in [0.1, 0.15) is 11.6 Å². The Labute approximate surface area is 129 Å². The van der Waals surface area contributed by atoms with Gasteiger partial charge in [0.05, 0.1) is 11.4 Å². The quantitative estimate of drug-likeness (QED) is 0.682. The minimum Gasteiger partial charge on any atom is -0.530 e. The second-order valence-electron chi connectivity index (χ2n) is 5.59. The predicted octanol–water partition coefficient (Wildman–Crippen LogP) is 0.0810. The van der Waals surface area contributed by atoms with Gasteiger partial charge in [-0.1, -0.05) is 6.07 Å². The topological polar surface area (TPSA) is 111 Å². The number of rotatable bonds is 4. The molecule has 2 amide bonds. The largest absolute Gasteiger partial charge is 0.530 e. The number of nitrogens with two attached hydrogens (primary N) is 1. The molecule has 0 aromatic heterocycles. The van der Waals surface area contributed by atoms with E-state index >= 15 is 0 Å². The van der Waals surface area contributed by atoms with Crippen molar-refractivity contribution in [1.82, 2.24) is 10.2 Å². The molecular formula is C15H21N4O3-. The monoisotopic (exact) mass is 305 g/mol. The van der Waals surface area contributed by atoms with E-state index in [0.29, 0.717) is 30.0 Å². The summed E-state index contributed by atoms with van der Waals surface area (Å²) in [5.41, 5.74) is 6.17. The van der Waals surface area contributed by atoms with Crippen LogP contribution in [0.15, 0.2) is 18.2 Å². The maximum atomic E-state index is 12.8. The molecule has 1 heterocycles. The Morgan fingerprint density at radius 2 is 1.95 bits per heavy atom. The lowest BCUT2D eigenvalue weighted by atomic mass is 9.89. The SMILES string of the molecule is CNc1ccc(C(C)(NC(=O)[O-])C(=O)N2CCCC2)cc1N. The van der Waals surface area contributed by atoms with Crippen LogP contribution in [0.3, 0.4) is 0 Å². The van der Waals surface area contributed by atoms with E-state index in [1.165, 1.54) is 6.92 Å². The second-order valence-corrected chi connectivity index (χ2v) is 5.59. The fraction of sp³-hybridized carbons (Fsp3) is 0.467. The lowest BCUT2D eigenvalue weighted by Gasteiger charge is -2.35. The molecule has 7 heteroatoms. The minimum absolute atomic E-state index is 0.286. The van der Waals surface area contributed by atoms with E-state index in [1.54, 1.807) is 30.1 Å². The van der Waals surface area contributed by atoms with E-state index in [9.17, 15) is 14.7 Å². The van der Waals surface area contributed by atoms with Gasteiger partial charge in [-0.25, -0.2) is 0 Å². The molecule has 120 valence electrons. The number of carbonyl (C=O) groups excluding carboxylic acids is 2. The smallest absolute Gasteiger partial charge is 0.252 e. The van der Waals surface area contributed by atoms with Crippen LogP contribution in [-0.2, 0) is 10.3 Å². The maximum Gasteiger partial charge on any atom is 0.252 e. The Kier molecular flexibility index (Phi) is 4.44. The fourth-order valence-electron chi connectivity index (χ4n) is 2.79. The highest BCUT2D eigenvalue weighted by Crippen LogP contribution is 2.29. The molecule has 7 nitrogen and oxygen atoms in total. The van der Waals surface area contributed by atoms with E-state index < -0.39 is 11.6 Å². The van der Waals surface area contributed by atoms with E-state index in [1.807, 2.05) is 0 Å². The van der Waals surface area contributed by atoms with Gasteiger partial charge in [-0.2, -0.15) is 0 Å². The first-order valence-corrected chi connectivity index (χ1v) is 7.25. The Morgan fingerprint density at radius 3 is 2.45 bits per heavy atom. The van der Waals surface area contributed by atoms with Gasteiger partial charge in [-0.3, -0.25) is 4.79 Å². The normalized spacial score (nSPS) is 16.9. The summed E-state index contributed by atoms with van der Waals surface area (Å²) in [6.07, 6.45) is 0.355. The number of benzene rings is 1. The highest BCUT2D eigenvalue weighted by atomic mass is 16.4. The zero-order valence-corrected chi connectivity index (χ0v) is 12.8. The van der Waals surface area contributed by atoms with Crippen LogP contribution in [0.4, 0.5) is 16.2 Å². The van der Waals surface area contributed by atoms with Crippen LogP contribution in [0.5, 0.6) is 0 Å². The number of nitrogen functional groups attached to an aromatic ring is 1. The second kappa shape index (κ2) is 6.13. The summed E-state index contributed by atoms with van der Waals surface area (Å²) in [6.45, 7) is 2.80.